The molecule has 198 valence electrons. The summed E-state index contributed by atoms with van der Waals surface area (Å²) < 4.78 is 7.31. The summed E-state index contributed by atoms with van der Waals surface area (Å²) in [5.74, 6) is 1.23. The SMILES string of the molecule is COc1cc(N(C)CCN(C)C)c([N+](=O)[O-])cc1Nc1nccc(Nc2ccccc2-c2ccn(C)n2)n1. The first-order valence-corrected chi connectivity index (χ1v) is 11.9. The number of anilines is 5. The van der Waals surface area contributed by atoms with Crippen LogP contribution in [0.15, 0.2) is 60.9 Å². The van der Waals surface area contributed by atoms with Crippen LogP contribution < -0.4 is 20.3 Å². The van der Waals surface area contributed by atoms with E-state index in [1.165, 1.54) is 13.2 Å². The Morgan fingerprint density at radius 2 is 1.84 bits per heavy atom. The van der Waals surface area contributed by atoms with E-state index in [0.717, 1.165) is 23.5 Å². The molecule has 0 saturated carbocycles. The second-order valence-electron chi connectivity index (χ2n) is 8.96. The van der Waals surface area contributed by atoms with Crippen molar-refractivity contribution >= 4 is 34.5 Å². The number of nitrogens with zero attached hydrogens (tertiary/aromatic N) is 7. The number of rotatable bonds is 11. The molecule has 4 rings (SSSR count). The molecule has 2 aromatic carbocycles. The number of nitro benzene ring substituents is 1. The van der Waals surface area contributed by atoms with Crippen LogP contribution in [0.2, 0.25) is 0 Å². The Labute approximate surface area is 221 Å². The van der Waals surface area contributed by atoms with Gasteiger partial charge in [-0.3, -0.25) is 14.8 Å². The highest BCUT2D eigenvalue weighted by molar-refractivity contribution is 5.79. The van der Waals surface area contributed by atoms with Crippen molar-refractivity contribution in [3.63, 3.8) is 0 Å². The second-order valence-corrected chi connectivity index (χ2v) is 8.96. The van der Waals surface area contributed by atoms with Crippen molar-refractivity contribution in [1.82, 2.24) is 24.6 Å². The highest BCUT2D eigenvalue weighted by atomic mass is 16.6. The van der Waals surface area contributed by atoms with Crippen molar-refractivity contribution in [3.05, 3.63) is 71.0 Å². The minimum absolute atomic E-state index is 0.0480. The molecule has 12 nitrogen and oxygen atoms in total. The fourth-order valence-corrected chi connectivity index (χ4v) is 3.87. The van der Waals surface area contributed by atoms with Gasteiger partial charge in [-0.1, -0.05) is 18.2 Å². The van der Waals surface area contributed by atoms with Crippen molar-refractivity contribution in [2.45, 2.75) is 0 Å². The van der Waals surface area contributed by atoms with E-state index in [1.54, 1.807) is 23.0 Å². The molecule has 2 aromatic heterocycles. The third-order valence-corrected chi connectivity index (χ3v) is 5.87. The first-order chi connectivity index (χ1) is 18.2. The summed E-state index contributed by atoms with van der Waals surface area (Å²) in [4.78, 5) is 24.2. The van der Waals surface area contributed by atoms with Crippen molar-refractivity contribution < 1.29 is 9.66 Å². The van der Waals surface area contributed by atoms with Crippen LogP contribution >= 0.6 is 0 Å². The number of hydrogen-bond acceptors (Lipinski definition) is 10. The Kier molecular flexibility index (Phi) is 8.02. The summed E-state index contributed by atoms with van der Waals surface area (Å²) in [5, 5.41) is 22.8. The minimum Gasteiger partial charge on any atom is -0.494 e. The Bertz CT molecular complexity index is 1420. The third kappa shape index (κ3) is 6.16. The monoisotopic (exact) mass is 517 g/mol. The Morgan fingerprint density at radius 3 is 2.53 bits per heavy atom. The van der Waals surface area contributed by atoms with Crippen molar-refractivity contribution in [2.75, 3.05) is 56.9 Å². The topological polar surface area (TPSA) is 127 Å². The second kappa shape index (κ2) is 11.6. The zero-order valence-electron chi connectivity index (χ0n) is 22.0. The van der Waals surface area contributed by atoms with Crippen LogP contribution in [0.1, 0.15) is 0 Å². The molecule has 0 unspecified atom stereocenters. The molecular weight excluding hydrogens is 486 g/mol. The molecule has 0 radical (unpaired) electrons. The van der Waals surface area contributed by atoms with Crippen LogP contribution in [0.25, 0.3) is 11.3 Å². The van der Waals surface area contributed by atoms with Crippen molar-refractivity contribution in [2.24, 2.45) is 7.05 Å². The lowest BCUT2D eigenvalue weighted by atomic mass is 10.1. The standard InChI is InChI=1S/C26H31N9O3/c1-32(2)14-15-33(3)22-17-24(38-5)21(16-23(22)35(36)37)29-26-27-12-10-25(30-26)28-19-9-7-6-8-18(19)20-11-13-34(4)31-20/h6-13,16-17H,14-15H2,1-5H3,(H2,27,28,29,30). The lowest BCUT2D eigenvalue weighted by Crippen LogP contribution is -2.28. The van der Waals surface area contributed by atoms with Gasteiger partial charge in [0.2, 0.25) is 5.95 Å². The van der Waals surface area contributed by atoms with E-state index in [1.807, 2.05) is 74.5 Å². The molecule has 4 aromatic rings. The molecule has 0 aliphatic rings. The van der Waals surface area contributed by atoms with E-state index in [4.69, 9.17) is 4.74 Å². The number of nitro groups is 1. The van der Waals surface area contributed by atoms with Crippen LogP contribution in [0, 0.1) is 10.1 Å². The average Bonchev–Trinajstić information content (AvgIpc) is 3.33. The fraction of sp³-hybridized carbons (Fsp3) is 0.269. The molecule has 0 spiro atoms. The van der Waals surface area contributed by atoms with Gasteiger partial charge in [0.25, 0.3) is 5.69 Å². The van der Waals surface area contributed by atoms with E-state index in [9.17, 15) is 10.1 Å². The van der Waals surface area contributed by atoms with Crippen molar-refractivity contribution in [1.29, 1.82) is 0 Å². The Morgan fingerprint density at radius 1 is 1.05 bits per heavy atom. The predicted octanol–water partition coefficient (Wildman–Crippen LogP) is 4.28. The Hall–Kier alpha value is -4.71. The molecule has 12 heteroatoms. The summed E-state index contributed by atoms with van der Waals surface area (Å²) >= 11 is 0. The first-order valence-electron chi connectivity index (χ1n) is 11.9. The van der Waals surface area contributed by atoms with Crippen LogP contribution in [0.4, 0.5) is 34.5 Å². The zero-order chi connectivity index (χ0) is 27.2. The summed E-state index contributed by atoms with van der Waals surface area (Å²) in [6.07, 6.45) is 3.49. The molecule has 0 bridgehead atoms. The van der Waals surface area contributed by atoms with Gasteiger partial charge >= 0.3 is 0 Å². The molecule has 38 heavy (non-hydrogen) atoms. The number of hydrogen-bond donors (Lipinski definition) is 2. The number of aromatic nitrogens is 4. The van der Waals surface area contributed by atoms with Gasteiger partial charge in [0.05, 0.1) is 23.4 Å². The number of benzene rings is 2. The van der Waals surface area contributed by atoms with Gasteiger partial charge in [-0.25, -0.2) is 4.98 Å². The maximum atomic E-state index is 11.9. The highest BCUT2D eigenvalue weighted by Gasteiger charge is 2.22. The van der Waals surface area contributed by atoms with Crippen LogP contribution in [0.3, 0.4) is 0 Å². The van der Waals surface area contributed by atoms with E-state index in [2.05, 4.69) is 25.7 Å². The van der Waals surface area contributed by atoms with Crippen molar-refractivity contribution in [3.8, 4) is 17.0 Å². The number of methoxy groups -OCH3 is 1. The maximum absolute atomic E-state index is 11.9. The quantitative estimate of drug-likeness (QED) is 0.220. The normalized spacial score (nSPS) is 10.9. The van der Waals surface area contributed by atoms with Crippen LogP contribution in [0.5, 0.6) is 5.75 Å². The largest absolute Gasteiger partial charge is 0.494 e. The molecule has 2 N–H and O–H groups in total. The Balaban J connectivity index is 1.61. The van der Waals surface area contributed by atoms with E-state index >= 15 is 0 Å². The van der Waals surface area contributed by atoms with E-state index < -0.39 is 4.92 Å². The molecule has 0 aliphatic heterocycles. The molecule has 0 aliphatic carbocycles. The van der Waals surface area contributed by atoms with Gasteiger partial charge in [0.15, 0.2) is 0 Å². The molecule has 2 heterocycles. The first kappa shape index (κ1) is 26.4. The van der Waals surface area contributed by atoms with Gasteiger partial charge in [0.1, 0.15) is 17.3 Å². The fourth-order valence-electron chi connectivity index (χ4n) is 3.87. The number of ether oxygens (including phenoxy) is 1. The predicted molar refractivity (Wildman–Crippen MR) is 149 cm³/mol. The van der Waals surface area contributed by atoms with Gasteiger partial charge in [-0.15, -0.1) is 0 Å². The summed E-state index contributed by atoms with van der Waals surface area (Å²) in [5.41, 5.74) is 3.38. The van der Waals surface area contributed by atoms with Crippen LogP contribution in [-0.2, 0) is 7.05 Å². The van der Waals surface area contributed by atoms with E-state index in [0.29, 0.717) is 29.5 Å². The lowest BCUT2D eigenvalue weighted by Gasteiger charge is -2.22. The summed E-state index contributed by atoms with van der Waals surface area (Å²) in [7, 11) is 9.11. The van der Waals surface area contributed by atoms with Gasteiger partial charge in [-0.2, -0.15) is 10.1 Å². The molecule has 0 fully saturated rings. The highest BCUT2D eigenvalue weighted by Crippen LogP contribution is 2.39. The average molecular weight is 518 g/mol. The smallest absolute Gasteiger partial charge is 0.294 e. The summed E-state index contributed by atoms with van der Waals surface area (Å²) in [6, 6.07) is 14.6. The minimum atomic E-state index is -0.403. The van der Waals surface area contributed by atoms with Crippen LogP contribution in [-0.4, -0.2) is 70.9 Å². The van der Waals surface area contributed by atoms with E-state index in [-0.39, 0.29) is 11.6 Å². The lowest BCUT2D eigenvalue weighted by molar-refractivity contribution is -0.384. The number of nitrogens with one attached hydrogen (secondary N) is 2. The van der Waals surface area contributed by atoms with Gasteiger partial charge < -0.3 is 25.2 Å². The number of likely N-dealkylation sites (N-methyl/N-ethyl adjacent to an activating group) is 2. The summed E-state index contributed by atoms with van der Waals surface area (Å²) in [6.45, 7) is 1.35. The number of aryl methyl sites for hydroxylation is 1. The zero-order valence-corrected chi connectivity index (χ0v) is 22.0. The van der Waals surface area contributed by atoms with Gasteiger partial charge in [0, 0.05) is 63.0 Å². The van der Waals surface area contributed by atoms with Gasteiger partial charge in [-0.05, 0) is 32.3 Å². The number of para-hydroxylation sites is 1. The molecule has 0 atom stereocenters. The molecule has 0 amide bonds. The molecule has 0 saturated heterocycles. The maximum Gasteiger partial charge on any atom is 0.294 e. The molecular formula is C26H31N9O3. The third-order valence-electron chi connectivity index (χ3n) is 5.87.